The summed E-state index contributed by atoms with van der Waals surface area (Å²) in [5.74, 6) is -0.898. The lowest BCUT2D eigenvalue weighted by Gasteiger charge is -2.24. The topological polar surface area (TPSA) is 92.6 Å². The Bertz CT molecular complexity index is 1150. The molecule has 3 heterocycles. The number of rotatable bonds is 7. The van der Waals surface area contributed by atoms with Gasteiger partial charge in [-0.3, -0.25) is 14.5 Å². The second kappa shape index (κ2) is 8.60. The van der Waals surface area contributed by atoms with Crippen LogP contribution in [0.3, 0.4) is 0 Å². The molecule has 0 spiro atoms. The van der Waals surface area contributed by atoms with Gasteiger partial charge in [0.15, 0.2) is 10.9 Å². The summed E-state index contributed by atoms with van der Waals surface area (Å²) in [4.78, 5) is 36.9. The van der Waals surface area contributed by atoms with Crippen LogP contribution in [0.25, 0.3) is 0 Å². The molecule has 1 aliphatic heterocycles. The molecule has 1 aromatic carbocycles. The molecule has 9 heteroatoms. The quantitative estimate of drug-likeness (QED) is 0.515. The second-order valence-electron chi connectivity index (χ2n) is 7.05. The van der Waals surface area contributed by atoms with Gasteiger partial charge in [0.1, 0.15) is 5.75 Å². The zero-order valence-corrected chi connectivity index (χ0v) is 18.9. The molecule has 4 rings (SSSR count). The van der Waals surface area contributed by atoms with Crippen LogP contribution in [-0.4, -0.2) is 33.4 Å². The second-order valence-corrected chi connectivity index (χ2v) is 9.12. The van der Waals surface area contributed by atoms with Gasteiger partial charge in [-0.05, 0) is 38.0 Å². The molecule has 31 heavy (non-hydrogen) atoms. The molecule has 0 saturated heterocycles. The third-order valence-electron chi connectivity index (χ3n) is 4.86. The van der Waals surface area contributed by atoms with Crippen molar-refractivity contribution in [2.24, 2.45) is 0 Å². The Balaban J connectivity index is 1.80. The Morgan fingerprint density at radius 2 is 2.00 bits per heavy atom. The van der Waals surface area contributed by atoms with Crippen LogP contribution in [0.4, 0.5) is 5.13 Å². The average molecular weight is 456 g/mol. The third kappa shape index (κ3) is 3.86. The first kappa shape index (κ1) is 21.2. The number of aliphatic hydroxyl groups is 1. The lowest BCUT2D eigenvalue weighted by atomic mass is 9.95. The largest absolute Gasteiger partial charge is 0.503 e. The number of ether oxygens (including phenoxy) is 1. The molecule has 0 radical (unpaired) electrons. The SMILES string of the molecule is CCCOc1ccc(C2C(C(=O)c3sc(C)nc3C)=C(O)C(=O)N2c2nccs2)cc1. The number of carbonyl (C=O) groups is 2. The van der Waals surface area contributed by atoms with Crippen molar-refractivity contribution in [2.45, 2.75) is 33.2 Å². The highest BCUT2D eigenvalue weighted by molar-refractivity contribution is 7.14. The predicted molar refractivity (Wildman–Crippen MR) is 120 cm³/mol. The normalized spacial score (nSPS) is 16.3. The maximum Gasteiger partial charge on any atom is 0.296 e. The maximum absolute atomic E-state index is 13.5. The molecular formula is C22H21N3O4S2. The minimum absolute atomic E-state index is 0.0363. The Hall–Kier alpha value is -3.04. The smallest absolute Gasteiger partial charge is 0.296 e. The zero-order valence-electron chi connectivity index (χ0n) is 17.3. The van der Waals surface area contributed by atoms with Gasteiger partial charge in [-0.25, -0.2) is 9.97 Å². The van der Waals surface area contributed by atoms with Gasteiger partial charge < -0.3 is 9.84 Å². The number of amides is 1. The van der Waals surface area contributed by atoms with Crippen LogP contribution in [0.5, 0.6) is 5.75 Å². The van der Waals surface area contributed by atoms with Gasteiger partial charge in [0, 0.05) is 11.6 Å². The first-order valence-electron chi connectivity index (χ1n) is 9.80. The lowest BCUT2D eigenvalue weighted by Crippen LogP contribution is -2.30. The Labute approximate surface area is 187 Å². The highest BCUT2D eigenvalue weighted by Gasteiger charge is 2.46. The summed E-state index contributed by atoms with van der Waals surface area (Å²) < 4.78 is 5.65. The minimum Gasteiger partial charge on any atom is -0.503 e. The monoisotopic (exact) mass is 455 g/mol. The van der Waals surface area contributed by atoms with Gasteiger partial charge in [-0.2, -0.15) is 0 Å². The van der Waals surface area contributed by atoms with E-state index in [0.29, 0.717) is 33.6 Å². The number of aryl methyl sites for hydroxylation is 2. The van der Waals surface area contributed by atoms with E-state index in [0.717, 1.165) is 11.4 Å². The van der Waals surface area contributed by atoms with Crippen molar-refractivity contribution in [1.82, 2.24) is 9.97 Å². The summed E-state index contributed by atoms with van der Waals surface area (Å²) >= 11 is 2.52. The number of thiazole rings is 2. The van der Waals surface area contributed by atoms with Crippen molar-refractivity contribution in [3.05, 3.63) is 68.3 Å². The minimum atomic E-state index is -0.798. The van der Waals surface area contributed by atoms with E-state index in [2.05, 4.69) is 9.97 Å². The maximum atomic E-state index is 13.5. The Kier molecular flexibility index (Phi) is 5.88. The molecular weight excluding hydrogens is 434 g/mol. The highest BCUT2D eigenvalue weighted by atomic mass is 32.1. The summed E-state index contributed by atoms with van der Waals surface area (Å²) in [6, 6.07) is 6.41. The van der Waals surface area contributed by atoms with Crippen molar-refractivity contribution < 1.29 is 19.4 Å². The van der Waals surface area contributed by atoms with E-state index in [4.69, 9.17) is 4.74 Å². The Morgan fingerprint density at radius 3 is 2.58 bits per heavy atom. The first-order chi connectivity index (χ1) is 14.9. The molecule has 2 aromatic heterocycles. The van der Waals surface area contributed by atoms with E-state index in [1.165, 1.54) is 27.6 Å². The summed E-state index contributed by atoms with van der Waals surface area (Å²) in [5, 5.41) is 13.7. The van der Waals surface area contributed by atoms with Crippen molar-refractivity contribution >= 4 is 39.5 Å². The molecule has 1 N–H and O–H groups in total. The van der Waals surface area contributed by atoms with Gasteiger partial charge in [0.25, 0.3) is 5.91 Å². The fraction of sp³-hybridized carbons (Fsp3) is 0.273. The molecule has 0 saturated carbocycles. The number of carbonyl (C=O) groups excluding carboxylic acids is 2. The van der Waals surface area contributed by atoms with Crippen molar-refractivity contribution in [3.8, 4) is 5.75 Å². The summed E-state index contributed by atoms with van der Waals surface area (Å²) in [7, 11) is 0. The van der Waals surface area contributed by atoms with Crippen molar-refractivity contribution in [2.75, 3.05) is 11.5 Å². The number of nitrogens with zero attached hydrogens (tertiary/aromatic N) is 3. The summed E-state index contributed by atoms with van der Waals surface area (Å²) in [6.45, 7) is 6.19. The number of hydrogen-bond acceptors (Lipinski definition) is 8. The molecule has 7 nitrogen and oxygen atoms in total. The summed E-state index contributed by atoms with van der Waals surface area (Å²) in [6.07, 6.45) is 2.47. The van der Waals surface area contributed by atoms with Gasteiger partial charge in [0.2, 0.25) is 5.78 Å². The highest BCUT2D eigenvalue weighted by Crippen LogP contribution is 2.43. The van der Waals surface area contributed by atoms with Crippen LogP contribution in [0.1, 0.15) is 45.3 Å². The lowest BCUT2D eigenvalue weighted by molar-refractivity contribution is -0.117. The molecule has 1 atom stereocenters. The predicted octanol–water partition coefficient (Wildman–Crippen LogP) is 4.79. The molecule has 3 aromatic rings. The van der Waals surface area contributed by atoms with Crippen LogP contribution < -0.4 is 9.64 Å². The van der Waals surface area contributed by atoms with Crippen LogP contribution in [-0.2, 0) is 4.79 Å². The van der Waals surface area contributed by atoms with Crippen molar-refractivity contribution in [3.63, 3.8) is 0 Å². The number of benzene rings is 1. The van der Waals surface area contributed by atoms with Crippen LogP contribution in [0.2, 0.25) is 0 Å². The average Bonchev–Trinajstić information content (AvgIpc) is 3.46. The number of aromatic nitrogens is 2. The van der Waals surface area contributed by atoms with E-state index in [1.54, 1.807) is 42.8 Å². The van der Waals surface area contributed by atoms with E-state index >= 15 is 0 Å². The van der Waals surface area contributed by atoms with Crippen LogP contribution in [0.15, 0.2) is 47.2 Å². The van der Waals surface area contributed by atoms with Crippen LogP contribution >= 0.6 is 22.7 Å². The molecule has 0 fully saturated rings. The van der Waals surface area contributed by atoms with Crippen LogP contribution in [0, 0.1) is 13.8 Å². The summed E-state index contributed by atoms with van der Waals surface area (Å²) in [5.41, 5.74) is 1.29. The van der Waals surface area contributed by atoms with E-state index in [1.807, 2.05) is 13.8 Å². The zero-order chi connectivity index (χ0) is 22.1. The number of aliphatic hydroxyl groups excluding tert-OH is 1. The fourth-order valence-corrected chi connectivity index (χ4v) is 5.06. The molecule has 0 bridgehead atoms. The van der Waals surface area contributed by atoms with Gasteiger partial charge >= 0.3 is 0 Å². The van der Waals surface area contributed by atoms with Gasteiger partial charge in [-0.15, -0.1) is 22.7 Å². The van der Waals surface area contributed by atoms with Gasteiger partial charge in [0.05, 0.1) is 33.8 Å². The van der Waals surface area contributed by atoms with E-state index in [-0.39, 0.29) is 5.57 Å². The van der Waals surface area contributed by atoms with E-state index < -0.39 is 23.5 Å². The number of Topliss-reactive ketones (excluding diaryl/α,β-unsaturated/α-hetero) is 1. The number of hydrogen-bond donors (Lipinski definition) is 1. The van der Waals surface area contributed by atoms with E-state index in [9.17, 15) is 14.7 Å². The Morgan fingerprint density at radius 1 is 1.26 bits per heavy atom. The fourth-order valence-electron chi connectivity index (χ4n) is 3.52. The molecule has 1 amide bonds. The third-order valence-corrected chi connectivity index (χ3v) is 6.70. The molecule has 160 valence electrons. The standard InChI is InChI=1S/C22H21N3O4S2/c1-4-10-29-15-7-5-14(6-8-15)17-16(18(26)20-12(2)24-13(3)31-20)19(27)21(28)25(17)22-23-9-11-30-22/h5-9,11,17,27H,4,10H2,1-3H3. The number of anilines is 1. The molecule has 1 aliphatic rings. The van der Waals surface area contributed by atoms with Gasteiger partial charge in [-0.1, -0.05) is 19.1 Å². The molecule has 0 aliphatic carbocycles. The van der Waals surface area contributed by atoms with Crippen molar-refractivity contribution in [1.29, 1.82) is 0 Å². The first-order valence-corrected chi connectivity index (χ1v) is 11.5. The number of ketones is 1. The molecule has 1 unspecified atom stereocenters.